The molecule has 0 heterocycles. The number of para-hydroxylation sites is 1. The highest BCUT2D eigenvalue weighted by molar-refractivity contribution is 7.90. The molecule has 186 valence electrons. The van der Waals surface area contributed by atoms with Crippen molar-refractivity contribution in [3.8, 4) is 0 Å². The van der Waals surface area contributed by atoms with Crippen LogP contribution < -0.4 is 9.62 Å². The molecule has 2 amide bonds. The molecule has 0 aliphatic carbocycles. The van der Waals surface area contributed by atoms with Crippen molar-refractivity contribution in [2.24, 2.45) is 0 Å². The maximum absolute atomic E-state index is 14.6. The third kappa shape index (κ3) is 7.01. The van der Waals surface area contributed by atoms with Crippen LogP contribution in [0.25, 0.3) is 0 Å². The van der Waals surface area contributed by atoms with E-state index in [0.717, 1.165) is 26.7 Å². The number of carbonyl (C=O) groups excluding carboxylic acids is 2. The zero-order valence-corrected chi connectivity index (χ0v) is 20.9. The third-order valence-corrected chi connectivity index (χ3v) is 7.15. The first-order chi connectivity index (χ1) is 16.1. The lowest BCUT2D eigenvalue weighted by Crippen LogP contribution is -2.53. The van der Waals surface area contributed by atoms with Gasteiger partial charge in [-0.05, 0) is 37.5 Å². The molecule has 0 aliphatic heterocycles. The van der Waals surface area contributed by atoms with Crippen molar-refractivity contribution >= 4 is 27.7 Å². The van der Waals surface area contributed by atoms with Crippen molar-refractivity contribution < 1.29 is 22.4 Å². The van der Waals surface area contributed by atoms with Crippen LogP contribution in [-0.4, -0.2) is 69.2 Å². The number of hydrogen-bond acceptors (Lipinski definition) is 4. The van der Waals surface area contributed by atoms with E-state index >= 15 is 0 Å². The van der Waals surface area contributed by atoms with Gasteiger partial charge < -0.3 is 10.2 Å². The molecule has 2 aromatic carbocycles. The largest absolute Gasteiger partial charge is 0.354 e. The second-order valence-electron chi connectivity index (χ2n) is 8.04. The molecule has 1 atom stereocenters. The van der Waals surface area contributed by atoms with Crippen LogP contribution >= 0.6 is 0 Å². The van der Waals surface area contributed by atoms with Gasteiger partial charge in [0.1, 0.15) is 18.4 Å². The molecule has 2 rings (SSSR count). The highest BCUT2D eigenvalue weighted by atomic mass is 32.2. The topological polar surface area (TPSA) is 90.0 Å². The van der Waals surface area contributed by atoms with Gasteiger partial charge in [-0.2, -0.15) is 12.7 Å². The van der Waals surface area contributed by atoms with E-state index in [0.29, 0.717) is 13.0 Å². The van der Waals surface area contributed by atoms with Crippen molar-refractivity contribution in [3.63, 3.8) is 0 Å². The lowest BCUT2D eigenvalue weighted by atomic mass is 10.1. The second-order valence-corrected chi connectivity index (χ2v) is 10.1. The lowest BCUT2D eigenvalue weighted by molar-refractivity contribution is -0.138. The molecule has 0 fully saturated rings. The van der Waals surface area contributed by atoms with Crippen LogP contribution in [-0.2, 0) is 26.2 Å². The van der Waals surface area contributed by atoms with Gasteiger partial charge in [0, 0.05) is 27.2 Å². The number of rotatable bonds is 12. The number of nitrogens with one attached hydrogen (secondary N) is 1. The van der Waals surface area contributed by atoms with Crippen LogP contribution in [0.2, 0.25) is 0 Å². The summed E-state index contributed by atoms with van der Waals surface area (Å²) < 4.78 is 42.2. The molecular formula is C24H33FN4O4S. The Kier molecular flexibility index (Phi) is 10.0. The number of benzene rings is 2. The Bertz CT molecular complexity index is 1060. The van der Waals surface area contributed by atoms with Crippen LogP contribution in [0.3, 0.4) is 0 Å². The molecule has 0 spiro atoms. The molecule has 1 N–H and O–H groups in total. The van der Waals surface area contributed by atoms with E-state index in [4.69, 9.17) is 0 Å². The normalized spacial score (nSPS) is 12.3. The first-order valence-electron chi connectivity index (χ1n) is 11.1. The van der Waals surface area contributed by atoms with E-state index in [2.05, 4.69) is 5.32 Å². The summed E-state index contributed by atoms with van der Waals surface area (Å²) in [6, 6.07) is 14.0. The average molecular weight is 493 g/mol. The number of nitrogens with zero attached hydrogens (tertiary/aromatic N) is 3. The molecule has 0 aromatic heterocycles. The van der Waals surface area contributed by atoms with Gasteiger partial charge in [-0.25, -0.2) is 8.70 Å². The maximum Gasteiger partial charge on any atom is 0.304 e. The number of amides is 2. The summed E-state index contributed by atoms with van der Waals surface area (Å²) in [7, 11) is -1.58. The minimum Gasteiger partial charge on any atom is -0.354 e. The van der Waals surface area contributed by atoms with E-state index in [1.54, 1.807) is 6.92 Å². The van der Waals surface area contributed by atoms with E-state index in [1.807, 2.05) is 37.3 Å². The van der Waals surface area contributed by atoms with Crippen molar-refractivity contribution in [3.05, 3.63) is 66.0 Å². The van der Waals surface area contributed by atoms with E-state index in [1.165, 1.54) is 37.2 Å². The predicted octanol–water partition coefficient (Wildman–Crippen LogP) is 2.42. The molecule has 0 aliphatic rings. The van der Waals surface area contributed by atoms with Crippen molar-refractivity contribution in [2.75, 3.05) is 38.0 Å². The maximum atomic E-state index is 14.6. The highest BCUT2D eigenvalue weighted by Crippen LogP contribution is 2.23. The highest BCUT2D eigenvalue weighted by Gasteiger charge is 2.33. The van der Waals surface area contributed by atoms with Gasteiger partial charge in [0.05, 0.1) is 5.69 Å². The van der Waals surface area contributed by atoms with Gasteiger partial charge in [0.15, 0.2) is 0 Å². The Morgan fingerprint density at radius 1 is 1.03 bits per heavy atom. The molecule has 8 nitrogen and oxygen atoms in total. The van der Waals surface area contributed by atoms with Crippen molar-refractivity contribution in [1.29, 1.82) is 0 Å². The summed E-state index contributed by atoms with van der Waals surface area (Å²) in [6.45, 7) is 3.52. The Labute approximate surface area is 201 Å². The molecule has 0 bridgehead atoms. The Balaban J connectivity index is 2.37. The molecular weight excluding hydrogens is 459 g/mol. The summed E-state index contributed by atoms with van der Waals surface area (Å²) in [5.74, 6) is -1.72. The molecule has 10 heteroatoms. The SMILES string of the molecule is CCCNC(=O)C(C)N(CCc1ccccc1)C(=O)CN(c1ccccc1F)S(=O)(=O)N(C)C. The van der Waals surface area contributed by atoms with E-state index < -0.39 is 34.5 Å². The van der Waals surface area contributed by atoms with Crippen LogP contribution in [0.1, 0.15) is 25.8 Å². The summed E-state index contributed by atoms with van der Waals surface area (Å²) in [5.41, 5.74) is 0.726. The van der Waals surface area contributed by atoms with Crippen molar-refractivity contribution in [1.82, 2.24) is 14.5 Å². The number of anilines is 1. The third-order valence-electron chi connectivity index (χ3n) is 5.34. The zero-order chi connectivity index (χ0) is 25.3. The van der Waals surface area contributed by atoms with E-state index in [9.17, 15) is 22.4 Å². The first-order valence-corrected chi connectivity index (χ1v) is 12.5. The van der Waals surface area contributed by atoms with Crippen LogP contribution in [0.15, 0.2) is 54.6 Å². The quantitative estimate of drug-likeness (QED) is 0.493. The molecule has 2 aromatic rings. The lowest BCUT2D eigenvalue weighted by Gasteiger charge is -2.32. The average Bonchev–Trinajstić information content (AvgIpc) is 2.82. The van der Waals surface area contributed by atoms with Gasteiger partial charge in [0.2, 0.25) is 11.8 Å². The van der Waals surface area contributed by atoms with Gasteiger partial charge >= 0.3 is 10.2 Å². The molecule has 0 radical (unpaired) electrons. The first kappa shape index (κ1) is 27.3. The Morgan fingerprint density at radius 2 is 1.65 bits per heavy atom. The van der Waals surface area contributed by atoms with Gasteiger partial charge in [0.25, 0.3) is 0 Å². The van der Waals surface area contributed by atoms with Gasteiger partial charge in [-0.3, -0.25) is 9.59 Å². The zero-order valence-electron chi connectivity index (χ0n) is 20.1. The molecule has 0 saturated heterocycles. The standard InChI is InChI=1S/C24H33FN4O4S/c1-5-16-26-24(31)19(2)28(17-15-20-11-7-6-8-12-20)23(30)18-29(34(32,33)27(3)4)22-14-10-9-13-21(22)25/h6-14,19H,5,15-18H2,1-4H3,(H,26,31). The number of halogens is 1. The molecule has 1 unspecified atom stereocenters. The second kappa shape index (κ2) is 12.5. The van der Waals surface area contributed by atoms with Gasteiger partial charge in [-0.1, -0.05) is 49.4 Å². The minimum atomic E-state index is -4.19. The monoisotopic (exact) mass is 492 g/mol. The summed E-state index contributed by atoms with van der Waals surface area (Å²) in [6.07, 6.45) is 1.21. The smallest absolute Gasteiger partial charge is 0.304 e. The molecule has 34 heavy (non-hydrogen) atoms. The summed E-state index contributed by atoms with van der Waals surface area (Å²) in [4.78, 5) is 27.5. The number of hydrogen-bond donors (Lipinski definition) is 1. The minimum absolute atomic E-state index is 0.191. The van der Waals surface area contributed by atoms with Crippen LogP contribution in [0.5, 0.6) is 0 Å². The van der Waals surface area contributed by atoms with E-state index in [-0.39, 0.29) is 18.1 Å². The Hall–Kier alpha value is -2.98. The fourth-order valence-electron chi connectivity index (χ4n) is 3.32. The van der Waals surface area contributed by atoms with Crippen LogP contribution in [0, 0.1) is 5.82 Å². The number of carbonyl (C=O) groups is 2. The Morgan fingerprint density at radius 3 is 2.24 bits per heavy atom. The van der Waals surface area contributed by atoms with Gasteiger partial charge in [-0.15, -0.1) is 0 Å². The molecule has 0 saturated carbocycles. The fraction of sp³-hybridized carbons (Fsp3) is 0.417. The summed E-state index contributed by atoms with van der Waals surface area (Å²) in [5, 5.41) is 2.78. The van der Waals surface area contributed by atoms with Crippen molar-refractivity contribution in [2.45, 2.75) is 32.7 Å². The predicted molar refractivity (Wildman–Crippen MR) is 131 cm³/mol. The van der Waals surface area contributed by atoms with Crippen LogP contribution in [0.4, 0.5) is 10.1 Å². The fourth-order valence-corrected chi connectivity index (χ4v) is 4.39. The summed E-state index contributed by atoms with van der Waals surface area (Å²) >= 11 is 0.